The Kier molecular flexibility index (Phi) is 6.78. The maximum absolute atomic E-state index is 12.5. The molecule has 0 aliphatic carbocycles. The summed E-state index contributed by atoms with van der Waals surface area (Å²) in [5.74, 6) is -0.566. The molecule has 1 saturated heterocycles. The number of benzene rings is 1. The van der Waals surface area contributed by atoms with Gasteiger partial charge >= 0.3 is 5.97 Å². The van der Waals surface area contributed by atoms with Crippen LogP contribution in [0.2, 0.25) is 0 Å². The molecule has 24 heavy (non-hydrogen) atoms. The van der Waals surface area contributed by atoms with Crippen molar-refractivity contribution >= 4 is 17.8 Å². The Balaban J connectivity index is 1.84. The van der Waals surface area contributed by atoms with Crippen LogP contribution >= 0.6 is 0 Å². The lowest BCUT2D eigenvalue weighted by Gasteiger charge is -2.24. The number of esters is 1. The Morgan fingerprint density at radius 1 is 1.25 bits per heavy atom. The van der Waals surface area contributed by atoms with Crippen molar-refractivity contribution in [1.29, 1.82) is 0 Å². The van der Waals surface area contributed by atoms with Gasteiger partial charge in [0.2, 0.25) is 11.8 Å². The fourth-order valence-electron chi connectivity index (χ4n) is 2.85. The van der Waals surface area contributed by atoms with E-state index in [1.807, 2.05) is 30.3 Å². The minimum Gasteiger partial charge on any atom is -0.466 e. The molecule has 1 fully saturated rings. The number of hydrogen-bond donors (Lipinski definition) is 1. The Labute approximate surface area is 142 Å². The first-order chi connectivity index (χ1) is 11.6. The molecule has 1 N–H and O–H groups in total. The number of rotatable bonds is 7. The van der Waals surface area contributed by atoms with Gasteiger partial charge in [-0.25, -0.2) is 0 Å². The second kappa shape index (κ2) is 9.05. The first-order valence-electron chi connectivity index (χ1n) is 8.38. The average Bonchev–Trinajstić information content (AvgIpc) is 3.06. The van der Waals surface area contributed by atoms with E-state index in [1.54, 1.807) is 11.8 Å². The Morgan fingerprint density at radius 2 is 2.00 bits per heavy atom. The van der Waals surface area contributed by atoms with E-state index in [1.165, 1.54) is 0 Å². The number of nitrogens with zero attached hydrogens (tertiary/aromatic N) is 1. The summed E-state index contributed by atoms with van der Waals surface area (Å²) in [4.78, 5) is 37.7. The van der Waals surface area contributed by atoms with Gasteiger partial charge in [0, 0.05) is 13.1 Å². The molecule has 0 radical (unpaired) electrons. The summed E-state index contributed by atoms with van der Waals surface area (Å²) < 4.78 is 4.82. The summed E-state index contributed by atoms with van der Waals surface area (Å²) in [6, 6.07) is 9.07. The number of hydrogen-bond acceptors (Lipinski definition) is 4. The van der Waals surface area contributed by atoms with E-state index in [2.05, 4.69) is 5.32 Å². The van der Waals surface area contributed by atoms with Gasteiger partial charge in [0.25, 0.3) is 0 Å². The fraction of sp³-hybridized carbons (Fsp3) is 0.500. The van der Waals surface area contributed by atoms with Crippen LogP contribution in [0.15, 0.2) is 30.3 Å². The second-order valence-corrected chi connectivity index (χ2v) is 5.75. The minimum absolute atomic E-state index is 0.0377. The van der Waals surface area contributed by atoms with E-state index in [0.29, 0.717) is 26.0 Å². The van der Waals surface area contributed by atoms with E-state index >= 15 is 0 Å². The van der Waals surface area contributed by atoms with Crippen molar-refractivity contribution in [2.75, 3.05) is 19.7 Å². The highest BCUT2D eigenvalue weighted by Gasteiger charge is 2.33. The molecule has 1 atom stereocenters. The summed E-state index contributed by atoms with van der Waals surface area (Å²) in [5.41, 5.74) is 0.941. The monoisotopic (exact) mass is 332 g/mol. The molecule has 6 nitrogen and oxygen atoms in total. The molecule has 0 saturated carbocycles. The van der Waals surface area contributed by atoms with Crippen molar-refractivity contribution < 1.29 is 19.1 Å². The zero-order chi connectivity index (χ0) is 17.4. The Morgan fingerprint density at radius 3 is 2.71 bits per heavy atom. The third-order valence-electron chi connectivity index (χ3n) is 4.01. The zero-order valence-corrected chi connectivity index (χ0v) is 14.0. The highest BCUT2D eigenvalue weighted by Crippen LogP contribution is 2.19. The first-order valence-corrected chi connectivity index (χ1v) is 8.38. The number of likely N-dealkylation sites (tertiary alicyclic amines) is 1. The standard InChI is InChI=1S/C18H24N2O4/c1-2-24-17(22)10-11-19-18(23)15-9-6-12-20(15)16(21)13-14-7-4-3-5-8-14/h3-5,7-8,15H,2,6,9-13H2,1H3,(H,19,23)/t15-/m0/s1. The number of nitrogens with one attached hydrogen (secondary N) is 1. The van der Waals surface area contributed by atoms with Crippen LogP contribution in [0, 0.1) is 0 Å². The predicted octanol–water partition coefficient (Wildman–Crippen LogP) is 1.29. The fourth-order valence-corrected chi connectivity index (χ4v) is 2.85. The lowest BCUT2D eigenvalue weighted by atomic mass is 10.1. The van der Waals surface area contributed by atoms with Gasteiger partial charge in [-0.1, -0.05) is 30.3 Å². The summed E-state index contributed by atoms with van der Waals surface area (Å²) >= 11 is 0. The molecule has 1 aliphatic rings. The van der Waals surface area contributed by atoms with E-state index in [-0.39, 0.29) is 30.7 Å². The molecule has 0 unspecified atom stereocenters. The highest BCUT2D eigenvalue weighted by molar-refractivity contribution is 5.89. The minimum atomic E-state index is -0.441. The lowest BCUT2D eigenvalue weighted by Crippen LogP contribution is -2.46. The largest absolute Gasteiger partial charge is 0.466 e. The molecule has 1 heterocycles. The van der Waals surface area contributed by atoms with Gasteiger partial charge in [-0.15, -0.1) is 0 Å². The van der Waals surface area contributed by atoms with Crippen LogP contribution in [0.25, 0.3) is 0 Å². The van der Waals surface area contributed by atoms with Crippen LogP contribution in [0.1, 0.15) is 31.7 Å². The number of carbonyl (C=O) groups excluding carboxylic acids is 3. The number of carbonyl (C=O) groups is 3. The number of amides is 2. The topological polar surface area (TPSA) is 75.7 Å². The van der Waals surface area contributed by atoms with Crippen LogP contribution in [0.5, 0.6) is 0 Å². The smallest absolute Gasteiger partial charge is 0.307 e. The van der Waals surface area contributed by atoms with Crippen molar-refractivity contribution in [3.8, 4) is 0 Å². The molecule has 1 aromatic carbocycles. The van der Waals surface area contributed by atoms with Crippen LogP contribution in [-0.2, 0) is 25.5 Å². The van der Waals surface area contributed by atoms with Crippen molar-refractivity contribution in [2.24, 2.45) is 0 Å². The third-order valence-corrected chi connectivity index (χ3v) is 4.01. The molecule has 130 valence electrons. The molecule has 1 aromatic rings. The molecular weight excluding hydrogens is 308 g/mol. The summed E-state index contributed by atoms with van der Waals surface area (Å²) in [7, 11) is 0. The quantitative estimate of drug-likeness (QED) is 0.764. The average molecular weight is 332 g/mol. The van der Waals surface area contributed by atoms with Crippen molar-refractivity contribution in [2.45, 2.75) is 38.6 Å². The van der Waals surface area contributed by atoms with Gasteiger partial charge in [-0.05, 0) is 25.3 Å². The molecule has 1 aliphatic heterocycles. The SMILES string of the molecule is CCOC(=O)CCNC(=O)[C@@H]1CCCN1C(=O)Cc1ccccc1. The van der Waals surface area contributed by atoms with Crippen LogP contribution < -0.4 is 5.32 Å². The van der Waals surface area contributed by atoms with E-state index in [4.69, 9.17) is 4.74 Å². The molecule has 0 spiro atoms. The maximum atomic E-state index is 12.5. The normalized spacial score (nSPS) is 16.7. The van der Waals surface area contributed by atoms with E-state index in [9.17, 15) is 14.4 Å². The van der Waals surface area contributed by atoms with Crippen molar-refractivity contribution in [3.05, 3.63) is 35.9 Å². The molecule has 2 rings (SSSR count). The van der Waals surface area contributed by atoms with Crippen molar-refractivity contribution in [1.82, 2.24) is 10.2 Å². The van der Waals surface area contributed by atoms with Gasteiger partial charge in [0.15, 0.2) is 0 Å². The Bertz CT molecular complexity index is 574. The maximum Gasteiger partial charge on any atom is 0.307 e. The third kappa shape index (κ3) is 5.08. The second-order valence-electron chi connectivity index (χ2n) is 5.75. The summed E-state index contributed by atoms with van der Waals surface area (Å²) in [5, 5.41) is 2.73. The van der Waals surface area contributed by atoms with Crippen molar-refractivity contribution in [3.63, 3.8) is 0 Å². The van der Waals surface area contributed by atoms with Crippen LogP contribution in [-0.4, -0.2) is 48.4 Å². The molecular formula is C18H24N2O4. The summed E-state index contributed by atoms with van der Waals surface area (Å²) in [6.45, 7) is 2.90. The van der Waals surface area contributed by atoms with Gasteiger partial charge in [-0.2, -0.15) is 0 Å². The van der Waals surface area contributed by atoms with Gasteiger partial charge in [0.05, 0.1) is 19.4 Å². The van der Waals surface area contributed by atoms with Crippen LogP contribution in [0.3, 0.4) is 0 Å². The highest BCUT2D eigenvalue weighted by atomic mass is 16.5. The number of ether oxygens (including phenoxy) is 1. The predicted molar refractivity (Wildman–Crippen MR) is 89.1 cm³/mol. The summed E-state index contributed by atoms with van der Waals surface area (Å²) in [6.07, 6.45) is 1.92. The Hall–Kier alpha value is -2.37. The lowest BCUT2D eigenvalue weighted by molar-refractivity contribution is -0.143. The molecule has 6 heteroatoms. The van der Waals surface area contributed by atoms with E-state index in [0.717, 1.165) is 12.0 Å². The first kappa shape index (κ1) is 18.0. The molecule has 2 amide bonds. The van der Waals surface area contributed by atoms with E-state index < -0.39 is 6.04 Å². The van der Waals surface area contributed by atoms with Gasteiger partial charge in [0.1, 0.15) is 6.04 Å². The van der Waals surface area contributed by atoms with Crippen LogP contribution in [0.4, 0.5) is 0 Å². The zero-order valence-electron chi connectivity index (χ0n) is 14.0. The molecule has 0 bridgehead atoms. The van der Waals surface area contributed by atoms with Gasteiger partial charge in [-0.3, -0.25) is 14.4 Å². The molecule has 0 aromatic heterocycles. The van der Waals surface area contributed by atoms with Gasteiger partial charge < -0.3 is 15.0 Å².